The largest absolute Gasteiger partial charge is 0.492 e. The zero-order valence-electron chi connectivity index (χ0n) is 17.0. The van der Waals surface area contributed by atoms with Crippen LogP contribution in [-0.2, 0) is 11.2 Å². The molecule has 31 heavy (non-hydrogen) atoms. The van der Waals surface area contributed by atoms with Gasteiger partial charge < -0.3 is 26.8 Å². The molecule has 1 aliphatic rings. The van der Waals surface area contributed by atoms with E-state index in [2.05, 4.69) is 23.3 Å². The Balaban J connectivity index is 1.76. The number of fused-ring (bicyclic) bond motifs is 1. The zero-order chi connectivity index (χ0) is 22.4. The van der Waals surface area contributed by atoms with Crippen LogP contribution in [0.2, 0.25) is 5.02 Å². The maximum Gasteiger partial charge on any atom is 0.255 e. The van der Waals surface area contributed by atoms with Gasteiger partial charge in [-0.3, -0.25) is 9.59 Å². The highest BCUT2D eigenvalue weighted by Crippen LogP contribution is 2.35. The molecule has 9 heteroatoms. The molecule has 2 amide bonds. The lowest BCUT2D eigenvalue weighted by Crippen LogP contribution is -2.46. The Hall–Kier alpha value is -2.26. The summed E-state index contributed by atoms with van der Waals surface area (Å²) in [6.45, 7) is 1.07. The Morgan fingerprint density at radius 2 is 1.97 bits per heavy atom. The third kappa shape index (κ3) is 6.13. The van der Waals surface area contributed by atoms with Gasteiger partial charge in [0, 0.05) is 47.8 Å². The SMILES string of the molecule is NC(=O)[C@H](Cc1ccc(Cl)cc1)NC(=O)c1cccc2c1OCCC2NC[C@@H](N)CS. The number of halogens is 1. The summed E-state index contributed by atoms with van der Waals surface area (Å²) in [6.07, 6.45) is 1.03. The average Bonchev–Trinajstić information content (AvgIpc) is 2.77. The van der Waals surface area contributed by atoms with Crippen molar-refractivity contribution in [3.8, 4) is 5.75 Å². The average molecular weight is 463 g/mol. The van der Waals surface area contributed by atoms with Crippen molar-refractivity contribution in [3.05, 3.63) is 64.2 Å². The first kappa shape index (κ1) is 23.4. The van der Waals surface area contributed by atoms with Crippen LogP contribution in [0.4, 0.5) is 0 Å². The van der Waals surface area contributed by atoms with Crippen molar-refractivity contribution < 1.29 is 14.3 Å². The molecule has 7 nitrogen and oxygen atoms in total. The number of carbonyl (C=O) groups is 2. The predicted molar refractivity (Wildman–Crippen MR) is 125 cm³/mol. The van der Waals surface area contributed by atoms with Crippen molar-refractivity contribution in [1.82, 2.24) is 10.6 Å². The Morgan fingerprint density at radius 3 is 2.65 bits per heavy atom. The van der Waals surface area contributed by atoms with Gasteiger partial charge in [-0.1, -0.05) is 35.9 Å². The number of rotatable bonds is 9. The molecule has 0 fully saturated rings. The molecular weight excluding hydrogens is 436 g/mol. The van der Waals surface area contributed by atoms with E-state index in [4.69, 9.17) is 27.8 Å². The molecule has 0 aliphatic carbocycles. The highest BCUT2D eigenvalue weighted by Gasteiger charge is 2.28. The summed E-state index contributed by atoms with van der Waals surface area (Å²) in [6, 6.07) is 11.5. The van der Waals surface area contributed by atoms with Gasteiger partial charge in [0.1, 0.15) is 11.8 Å². The van der Waals surface area contributed by atoms with Crippen molar-refractivity contribution in [3.63, 3.8) is 0 Å². The van der Waals surface area contributed by atoms with Gasteiger partial charge in [0.05, 0.1) is 12.2 Å². The molecule has 1 aliphatic heterocycles. The van der Waals surface area contributed by atoms with Crippen molar-refractivity contribution in [2.45, 2.75) is 31.0 Å². The molecule has 3 rings (SSSR count). The zero-order valence-corrected chi connectivity index (χ0v) is 18.7. The minimum atomic E-state index is -0.865. The van der Waals surface area contributed by atoms with Crippen molar-refractivity contribution >= 4 is 36.0 Å². The highest BCUT2D eigenvalue weighted by atomic mass is 35.5. The van der Waals surface area contributed by atoms with Crippen molar-refractivity contribution in [2.24, 2.45) is 11.5 Å². The first-order valence-corrected chi connectivity index (χ1v) is 11.1. The normalized spacial score (nSPS) is 17.2. The van der Waals surface area contributed by atoms with E-state index in [1.807, 2.05) is 6.07 Å². The van der Waals surface area contributed by atoms with Crippen LogP contribution in [0.1, 0.15) is 33.9 Å². The molecular formula is C22H27ClN4O3S. The van der Waals surface area contributed by atoms with Crippen LogP contribution in [0.3, 0.4) is 0 Å². The molecule has 0 radical (unpaired) electrons. The quantitative estimate of drug-likeness (QED) is 0.364. The van der Waals surface area contributed by atoms with Crippen LogP contribution in [0.25, 0.3) is 0 Å². The second kappa shape index (κ2) is 10.9. The Labute approximate surface area is 192 Å². The van der Waals surface area contributed by atoms with Crippen LogP contribution in [0, 0.1) is 0 Å². The van der Waals surface area contributed by atoms with Gasteiger partial charge >= 0.3 is 0 Å². The van der Waals surface area contributed by atoms with Crippen LogP contribution >= 0.6 is 24.2 Å². The lowest BCUT2D eigenvalue weighted by molar-refractivity contribution is -0.119. The van der Waals surface area contributed by atoms with Gasteiger partial charge in [0.2, 0.25) is 5.91 Å². The fourth-order valence-electron chi connectivity index (χ4n) is 3.49. The van der Waals surface area contributed by atoms with Gasteiger partial charge in [-0.25, -0.2) is 0 Å². The van der Waals surface area contributed by atoms with E-state index >= 15 is 0 Å². The van der Waals surface area contributed by atoms with Crippen LogP contribution in [0.15, 0.2) is 42.5 Å². The molecule has 0 aromatic heterocycles. The first-order chi connectivity index (χ1) is 14.9. The number of para-hydroxylation sites is 1. The molecule has 0 saturated carbocycles. The number of nitrogens with two attached hydrogens (primary N) is 2. The third-order valence-electron chi connectivity index (χ3n) is 5.18. The minimum Gasteiger partial charge on any atom is -0.492 e. The molecule has 6 N–H and O–H groups in total. The van der Waals surface area contributed by atoms with Crippen molar-refractivity contribution in [2.75, 3.05) is 18.9 Å². The molecule has 1 unspecified atom stereocenters. The molecule has 0 bridgehead atoms. The van der Waals surface area contributed by atoms with Crippen LogP contribution in [0.5, 0.6) is 5.75 Å². The maximum atomic E-state index is 13.0. The molecule has 166 valence electrons. The smallest absolute Gasteiger partial charge is 0.255 e. The second-order valence-corrected chi connectivity index (χ2v) is 8.33. The topological polar surface area (TPSA) is 119 Å². The van der Waals surface area contributed by atoms with E-state index in [0.29, 0.717) is 35.2 Å². The molecule has 1 heterocycles. The second-order valence-electron chi connectivity index (χ2n) is 7.52. The third-order valence-corrected chi connectivity index (χ3v) is 5.90. The monoisotopic (exact) mass is 462 g/mol. The molecule has 3 atom stereocenters. The molecule has 0 spiro atoms. The standard InChI is InChI=1S/C22H27ClN4O3S/c23-14-6-4-13(5-7-14)10-19(21(25)28)27-22(29)17-3-1-2-16-18(8-9-30-20(16)17)26-11-15(24)12-31/h1-7,15,18-19,26,31H,8-12,24H2,(H2,25,28)(H,27,29)/t15-,18?,19+/m1/s1. The summed E-state index contributed by atoms with van der Waals surface area (Å²) in [7, 11) is 0. The Bertz CT molecular complexity index is 925. The van der Waals surface area contributed by atoms with E-state index < -0.39 is 17.9 Å². The summed E-state index contributed by atoms with van der Waals surface area (Å²) in [5.41, 5.74) is 13.6. The van der Waals surface area contributed by atoms with E-state index in [9.17, 15) is 9.59 Å². The van der Waals surface area contributed by atoms with Gasteiger partial charge in [0.15, 0.2) is 0 Å². The van der Waals surface area contributed by atoms with Crippen LogP contribution < -0.4 is 26.8 Å². The van der Waals surface area contributed by atoms with Gasteiger partial charge in [-0.15, -0.1) is 0 Å². The fraction of sp³-hybridized carbons (Fsp3) is 0.364. The Kier molecular flexibility index (Phi) is 8.20. The summed E-state index contributed by atoms with van der Waals surface area (Å²) in [5, 5.41) is 6.76. The number of ether oxygens (including phenoxy) is 1. The summed E-state index contributed by atoms with van der Waals surface area (Å²) in [5.74, 6) is 0.0581. The number of primary amides is 1. The fourth-order valence-corrected chi connectivity index (χ4v) is 3.74. The van der Waals surface area contributed by atoms with Crippen molar-refractivity contribution in [1.29, 1.82) is 0 Å². The first-order valence-electron chi connectivity index (χ1n) is 10.1. The Morgan fingerprint density at radius 1 is 1.23 bits per heavy atom. The minimum absolute atomic E-state index is 0.0171. The molecule has 0 saturated heterocycles. The van der Waals surface area contributed by atoms with E-state index in [0.717, 1.165) is 17.5 Å². The number of hydrogen-bond donors (Lipinski definition) is 5. The lowest BCUT2D eigenvalue weighted by atomic mass is 9.96. The van der Waals surface area contributed by atoms with E-state index in [1.165, 1.54) is 0 Å². The van der Waals surface area contributed by atoms with Gasteiger partial charge in [0.25, 0.3) is 5.91 Å². The number of amides is 2. The van der Waals surface area contributed by atoms with Gasteiger partial charge in [-0.2, -0.15) is 12.6 Å². The number of nitrogens with one attached hydrogen (secondary N) is 2. The maximum absolute atomic E-state index is 13.0. The predicted octanol–water partition coefficient (Wildman–Crippen LogP) is 1.84. The number of hydrogen-bond acceptors (Lipinski definition) is 6. The van der Waals surface area contributed by atoms with E-state index in [-0.39, 0.29) is 18.5 Å². The molecule has 2 aromatic carbocycles. The highest BCUT2D eigenvalue weighted by molar-refractivity contribution is 7.80. The summed E-state index contributed by atoms with van der Waals surface area (Å²) >= 11 is 10.1. The van der Waals surface area contributed by atoms with Crippen LogP contribution in [-0.4, -0.2) is 42.8 Å². The summed E-state index contributed by atoms with van der Waals surface area (Å²) in [4.78, 5) is 25.0. The number of carbonyl (C=O) groups excluding carboxylic acids is 2. The number of benzene rings is 2. The van der Waals surface area contributed by atoms with E-state index in [1.54, 1.807) is 36.4 Å². The van der Waals surface area contributed by atoms with Gasteiger partial charge in [-0.05, 0) is 23.8 Å². The summed E-state index contributed by atoms with van der Waals surface area (Å²) < 4.78 is 5.83. The lowest BCUT2D eigenvalue weighted by Gasteiger charge is -2.29. The number of thiol groups is 1. The molecule has 2 aromatic rings.